The lowest BCUT2D eigenvalue weighted by atomic mass is 10.2. The van der Waals surface area contributed by atoms with Crippen molar-refractivity contribution in [2.24, 2.45) is 0 Å². The summed E-state index contributed by atoms with van der Waals surface area (Å²) >= 11 is 0. The van der Waals surface area contributed by atoms with E-state index in [2.05, 4.69) is 0 Å². The van der Waals surface area contributed by atoms with Crippen LogP contribution in [0.15, 0.2) is 52.3 Å². The third kappa shape index (κ3) is 2.19. The minimum atomic E-state index is -4.26. The number of hydrogen-bond donors (Lipinski definition) is 3. The molecule has 7 heteroatoms. The summed E-state index contributed by atoms with van der Waals surface area (Å²) in [4.78, 5) is 10.1. The smallest absolute Gasteiger partial charge is 0.340 e. The first-order valence-electron chi connectivity index (χ1n) is 5.44. The van der Waals surface area contributed by atoms with Crippen LogP contribution in [0.2, 0.25) is 0 Å². The average Bonchev–Trinajstić information content (AvgIpc) is 2.41. The molecule has 0 heterocycles. The quantitative estimate of drug-likeness (QED) is 0.742. The number of phenols is 2. The predicted octanol–water partition coefficient (Wildman–Crippen LogP) is 1.63. The summed E-state index contributed by atoms with van der Waals surface area (Å²) in [5.74, 6) is -3.11. The largest absolute Gasteiger partial charge is 0.507 e. The monoisotopic (exact) mass is 294 g/mol. The summed E-state index contributed by atoms with van der Waals surface area (Å²) in [7, 11) is -4.26. The molecule has 0 aliphatic rings. The summed E-state index contributed by atoms with van der Waals surface area (Å²) in [6, 6.07) is 8.91. The molecular formula is C13H10O6S. The number of carboxylic acid groups (broad SMARTS) is 1. The van der Waals surface area contributed by atoms with Crippen molar-refractivity contribution in [3.05, 3.63) is 48.0 Å². The zero-order valence-corrected chi connectivity index (χ0v) is 10.8. The van der Waals surface area contributed by atoms with E-state index in [0.29, 0.717) is 0 Å². The maximum absolute atomic E-state index is 12.4. The van der Waals surface area contributed by atoms with E-state index < -0.39 is 37.8 Å². The fourth-order valence-corrected chi connectivity index (χ4v) is 3.31. The van der Waals surface area contributed by atoms with Gasteiger partial charge in [0.25, 0.3) is 0 Å². The highest BCUT2D eigenvalue weighted by Crippen LogP contribution is 2.36. The van der Waals surface area contributed by atoms with Gasteiger partial charge in [-0.05, 0) is 24.3 Å². The van der Waals surface area contributed by atoms with Crippen molar-refractivity contribution in [1.82, 2.24) is 0 Å². The van der Waals surface area contributed by atoms with Gasteiger partial charge in [-0.3, -0.25) is 0 Å². The number of rotatable bonds is 3. The van der Waals surface area contributed by atoms with Crippen molar-refractivity contribution in [3.63, 3.8) is 0 Å². The Bertz CT molecular complexity index is 765. The molecule has 20 heavy (non-hydrogen) atoms. The molecule has 3 N–H and O–H groups in total. The summed E-state index contributed by atoms with van der Waals surface area (Å²) in [5.41, 5.74) is -0.853. The van der Waals surface area contributed by atoms with Gasteiger partial charge in [-0.2, -0.15) is 0 Å². The lowest BCUT2D eigenvalue weighted by Gasteiger charge is -2.11. The SMILES string of the molecule is O=C(O)c1c(O)ccc(O)c1S(=O)(=O)c1ccccc1. The van der Waals surface area contributed by atoms with E-state index in [1.54, 1.807) is 6.07 Å². The van der Waals surface area contributed by atoms with Gasteiger partial charge >= 0.3 is 5.97 Å². The van der Waals surface area contributed by atoms with Gasteiger partial charge in [0.15, 0.2) is 0 Å². The molecule has 0 atom stereocenters. The van der Waals surface area contributed by atoms with Crippen LogP contribution in [0.3, 0.4) is 0 Å². The van der Waals surface area contributed by atoms with Gasteiger partial charge in [-0.25, -0.2) is 13.2 Å². The van der Waals surface area contributed by atoms with E-state index >= 15 is 0 Å². The Hall–Kier alpha value is -2.54. The summed E-state index contributed by atoms with van der Waals surface area (Å²) in [5, 5.41) is 28.3. The van der Waals surface area contributed by atoms with Crippen molar-refractivity contribution < 1.29 is 28.5 Å². The van der Waals surface area contributed by atoms with Gasteiger partial charge in [-0.1, -0.05) is 18.2 Å². The standard InChI is InChI=1S/C13H10O6S/c14-9-6-7-10(15)12(11(9)13(16)17)20(18,19)8-4-2-1-3-5-8/h1-7,14-15H,(H,16,17). The van der Waals surface area contributed by atoms with Crippen molar-refractivity contribution >= 4 is 15.8 Å². The van der Waals surface area contributed by atoms with Gasteiger partial charge in [0.2, 0.25) is 9.84 Å². The number of benzene rings is 2. The zero-order valence-electron chi connectivity index (χ0n) is 10.0. The lowest BCUT2D eigenvalue weighted by molar-refractivity contribution is 0.0688. The molecule has 0 saturated heterocycles. The molecule has 0 bridgehead atoms. The van der Waals surface area contributed by atoms with Crippen LogP contribution in [0.1, 0.15) is 10.4 Å². The van der Waals surface area contributed by atoms with Crippen molar-refractivity contribution in [1.29, 1.82) is 0 Å². The fraction of sp³-hybridized carbons (Fsp3) is 0. The van der Waals surface area contributed by atoms with Gasteiger partial charge in [0.1, 0.15) is 22.0 Å². The molecular weight excluding hydrogens is 284 g/mol. The predicted molar refractivity (Wildman–Crippen MR) is 68.6 cm³/mol. The van der Waals surface area contributed by atoms with Crippen molar-refractivity contribution in [2.45, 2.75) is 9.79 Å². The Morgan fingerprint density at radius 3 is 2.00 bits per heavy atom. The van der Waals surface area contributed by atoms with Crippen LogP contribution in [0.25, 0.3) is 0 Å². The number of carbonyl (C=O) groups is 1. The fourth-order valence-electron chi connectivity index (χ4n) is 1.76. The van der Waals surface area contributed by atoms with Crippen molar-refractivity contribution in [2.75, 3.05) is 0 Å². The van der Waals surface area contributed by atoms with Crippen LogP contribution >= 0.6 is 0 Å². The van der Waals surface area contributed by atoms with E-state index in [9.17, 15) is 23.4 Å². The minimum Gasteiger partial charge on any atom is -0.507 e. The lowest BCUT2D eigenvalue weighted by Crippen LogP contribution is -2.10. The Balaban J connectivity index is 2.83. The summed E-state index contributed by atoms with van der Waals surface area (Å²) < 4.78 is 24.8. The normalized spacial score (nSPS) is 11.2. The van der Waals surface area contributed by atoms with E-state index in [1.165, 1.54) is 24.3 Å². The molecule has 0 unspecified atom stereocenters. The maximum atomic E-state index is 12.4. The summed E-state index contributed by atoms with van der Waals surface area (Å²) in [6.07, 6.45) is 0. The number of hydrogen-bond acceptors (Lipinski definition) is 5. The highest BCUT2D eigenvalue weighted by atomic mass is 32.2. The van der Waals surface area contributed by atoms with E-state index in [-0.39, 0.29) is 4.90 Å². The second-order valence-corrected chi connectivity index (χ2v) is 5.82. The molecule has 0 radical (unpaired) electrons. The Morgan fingerprint density at radius 1 is 0.900 bits per heavy atom. The molecule has 0 aliphatic carbocycles. The second kappa shape index (κ2) is 4.86. The molecule has 2 rings (SSSR count). The van der Waals surface area contributed by atoms with Crippen LogP contribution in [0.4, 0.5) is 0 Å². The highest BCUT2D eigenvalue weighted by molar-refractivity contribution is 7.91. The van der Waals surface area contributed by atoms with Crippen LogP contribution < -0.4 is 0 Å². The van der Waals surface area contributed by atoms with E-state index in [4.69, 9.17) is 5.11 Å². The summed E-state index contributed by atoms with van der Waals surface area (Å²) in [6.45, 7) is 0. The third-order valence-electron chi connectivity index (χ3n) is 2.65. The van der Waals surface area contributed by atoms with Crippen LogP contribution in [-0.2, 0) is 9.84 Å². The average molecular weight is 294 g/mol. The number of aromatic carboxylic acids is 1. The molecule has 0 spiro atoms. The van der Waals surface area contributed by atoms with Crippen LogP contribution in [0, 0.1) is 0 Å². The molecule has 6 nitrogen and oxygen atoms in total. The van der Waals surface area contributed by atoms with Crippen molar-refractivity contribution in [3.8, 4) is 11.5 Å². The van der Waals surface area contributed by atoms with Gasteiger partial charge < -0.3 is 15.3 Å². The molecule has 0 aromatic heterocycles. The number of aromatic hydroxyl groups is 2. The number of sulfone groups is 1. The molecule has 0 fully saturated rings. The number of phenolic OH excluding ortho intramolecular Hbond substituents is 1. The van der Waals surface area contributed by atoms with Gasteiger partial charge in [0.05, 0.1) is 4.90 Å². The van der Waals surface area contributed by atoms with E-state index in [0.717, 1.165) is 12.1 Å². The van der Waals surface area contributed by atoms with Crippen LogP contribution in [0.5, 0.6) is 11.5 Å². The molecule has 0 saturated carbocycles. The first kappa shape index (κ1) is 13.9. The second-order valence-electron chi connectivity index (χ2n) is 3.93. The molecule has 0 aliphatic heterocycles. The molecule has 2 aromatic carbocycles. The highest BCUT2D eigenvalue weighted by Gasteiger charge is 2.30. The molecule has 0 amide bonds. The first-order valence-corrected chi connectivity index (χ1v) is 6.92. The molecule has 2 aromatic rings. The Kier molecular flexibility index (Phi) is 3.37. The topological polar surface area (TPSA) is 112 Å². The Labute approximate surface area is 114 Å². The van der Waals surface area contributed by atoms with Crippen LogP contribution in [-0.4, -0.2) is 29.7 Å². The van der Waals surface area contributed by atoms with Gasteiger partial charge in [0, 0.05) is 0 Å². The molecule has 104 valence electrons. The third-order valence-corrected chi connectivity index (χ3v) is 4.49. The zero-order chi connectivity index (χ0) is 14.9. The maximum Gasteiger partial charge on any atom is 0.340 e. The minimum absolute atomic E-state index is 0.177. The number of carboxylic acids is 1. The van der Waals surface area contributed by atoms with E-state index in [1.807, 2.05) is 0 Å². The van der Waals surface area contributed by atoms with Gasteiger partial charge in [-0.15, -0.1) is 0 Å². The first-order chi connectivity index (χ1) is 9.35. The Morgan fingerprint density at radius 2 is 1.45 bits per heavy atom.